The van der Waals surface area contributed by atoms with Gasteiger partial charge in [-0.15, -0.1) is 23.7 Å². The summed E-state index contributed by atoms with van der Waals surface area (Å²) in [6.45, 7) is 3.76. The van der Waals surface area contributed by atoms with E-state index < -0.39 is 10.0 Å². The van der Waals surface area contributed by atoms with Gasteiger partial charge in [-0.25, -0.2) is 13.1 Å². The zero-order valence-corrected chi connectivity index (χ0v) is 12.9. The van der Waals surface area contributed by atoms with Gasteiger partial charge in [-0.2, -0.15) is 0 Å². The number of terminal acetylenes is 1. The molecule has 0 aromatic carbocycles. The van der Waals surface area contributed by atoms with Gasteiger partial charge in [0.15, 0.2) is 0 Å². The van der Waals surface area contributed by atoms with Crippen molar-refractivity contribution in [2.45, 2.75) is 36.9 Å². The van der Waals surface area contributed by atoms with Crippen LogP contribution in [0.25, 0.3) is 0 Å². The normalized spacial score (nSPS) is 13.3. The molecule has 0 aliphatic carbocycles. The molecule has 0 amide bonds. The maximum atomic E-state index is 12.1. The highest BCUT2D eigenvalue weighted by Crippen LogP contribution is 2.30. The Labute approximate surface area is 115 Å². The summed E-state index contributed by atoms with van der Waals surface area (Å²) >= 11 is 4.52. The van der Waals surface area contributed by atoms with E-state index in [-0.39, 0.29) is 6.04 Å². The van der Waals surface area contributed by atoms with Gasteiger partial charge in [-0.1, -0.05) is 6.92 Å². The molecule has 17 heavy (non-hydrogen) atoms. The van der Waals surface area contributed by atoms with Crippen molar-refractivity contribution in [2.75, 3.05) is 0 Å². The van der Waals surface area contributed by atoms with Gasteiger partial charge in [-0.05, 0) is 40.9 Å². The Morgan fingerprint density at radius 2 is 2.29 bits per heavy atom. The lowest BCUT2D eigenvalue weighted by Crippen LogP contribution is -2.33. The molecule has 0 bridgehead atoms. The molecule has 1 heterocycles. The molecule has 0 saturated heterocycles. The van der Waals surface area contributed by atoms with Gasteiger partial charge in [0.2, 0.25) is 10.0 Å². The standard InChI is InChI=1S/C11H14BrNO2S2/c1-4-6-9(5-2)13-17(14,15)10-7-8(3)11(12)16-10/h1,7,9,13H,5-6H2,2-3H3. The predicted molar refractivity (Wildman–Crippen MR) is 74.6 cm³/mol. The third-order valence-electron chi connectivity index (χ3n) is 2.28. The number of hydrogen-bond donors (Lipinski definition) is 1. The number of nitrogens with one attached hydrogen (secondary N) is 1. The number of rotatable bonds is 5. The van der Waals surface area contributed by atoms with Crippen molar-refractivity contribution in [1.29, 1.82) is 0 Å². The maximum absolute atomic E-state index is 12.1. The molecule has 1 N–H and O–H groups in total. The van der Waals surface area contributed by atoms with Gasteiger partial charge in [0.1, 0.15) is 4.21 Å². The second-order valence-electron chi connectivity index (χ2n) is 3.66. The van der Waals surface area contributed by atoms with Crippen LogP contribution in [0.4, 0.5) is 0 Å². The van der Waals surface area contributed by atoms with Gasteiger partial charge >= 0.3 is 0 Å². The summed E-state index contributed by atoms with van der Waals surface area (Å²) in [4.78, 5) is 0. The highest BCUT2D eigenvalue weighted by molar-refractivity contribution is 9.11. The van der Waals surface area contributed by atoms with Crippen LogP contribution in [0.2, 0.25) is 0 Å². The first-order valence-corrected chi connectivity index (χ1v) is 8.21. The Morgan fingerprint density at radius 1 is 1.65 bits per heavy atom. The van der Waals surface area contributed by atoms with Crippen molar-refractivity contribution in [2.24, 2.45) is 0 Å². The zero-order valence-electron chi connectivity index (χ0n) is 9.66. The highest BCUT2D eigenvalue weighted by Gasteiger charge is 2.21. The average Bonchev–Trinajstić information content (AvgIpc) is 2.59. The summed E-state index contributed by atoms with van der Waals surface area (Å²) in [5.41, 5.74) is 0.917. The Morgan fingerprint density at radius 3 is 2.71 bits per heavy atom. The van der Waals surface area contributed by atoms with Gasteiger partial charge in [0.05, 0.1) is 3.79 Å². The van der Waals surface area contributed by atoms with Crippen molar-refractivity contribution in [3.63, 3.8) is 0 Å². The Bertz CT molecular complexity index is 509. The summed E-state index contributed by atoms with van der Waals surface area (Å²) in [5, 5.41) is 0. The van der Waals surface area contributed by atoms with E-state index in [4.69, 9.17) is 6.42 Å². The first-order chi connectivity index (χ1) is 7.90. The van der Waals surface area contributed by atoms with Crippen LogP contribution >= 0.6 is 27.3 Å². The Hall–Kier alpha value is -0.350. The summed E-state index contributed by atoms with van der Waals surface area (Å²) in [6, 6.07) is 1.45. The summed E-state index contributed by atoms with van der Waals surface area (Å²) in [5.74, 6) is 2.48. The average molecular weight is 336 g/mol. The quantitative estimate of drug-likeness (QED) is 0.841. The van der Waals surface area contributed by atoms with E-state index in [9.17, 15) is 8.42 Å². The molecule has 3 nitrogen and oxygen atoms in total. The number of hydrogen-bond acceptors (Lipinski definition) is 3. The minimum Gasteiger partial charge on any atom is -0.206 e. The SMILES string of the molecule is C#CCC(CC)NS(=O)(=O)c1cc(C)c(Br)s1. The monoisotopic (exact) mass is 335 g/mol. The first kappa shape index (κ1) is 14.7. The lowest BCUT2D eigenvalue weighted by Gasteiger charge is -2.13. The molecule has 94 valence electrons. The Kier molecular flexibility index (Phi) is 5.20. The molecule has 0 radical (unpaired) electrons. The molecule has 0 saturated carbocycles. The van der Waals surface area contributed by atoms with Gasteiger partial charge < -0.3 is 0 Å². The maximum Gasteiger partial charge on any atom is 0.250 e. The lowest BCUT2D eigenvalue weighted by atomic mass is 10.2. The minimum atomic E-state index is -3.45. The van der Waals surface area contributed by atoms with Gasteiger partial charge in [-0.3, -0.25) is 0 Å². The van der Waals surface area contributed by atoms with E-state index in [0.717, 1.165) is 9.35 Å². The van der Waals surface area contributed by atoms with Crippen molar-refractivity contribution in [3.8, 4) is 12.3 Å². The van der Waals surface area contributed by atoms with Crippen LogP contribution < -0.4 is 4.72 Å². The first-order valence-electron chi connectivity index (χ1n) is 5.12. The van der Waals surface area contributed by atoms with Crippen LogP contribution in [0, 0.1) is 19.3 Å². The van der Waals surface area contributed by atoms with Crippen LogP contribution in [0.3, 0.4) is 0 Å². The van der Waals surface area contributed by atoms with E-state index in [1.807, 2.05) is 13.8 Å². The second kappa shape index (κ2) is 6.01. The van der Waals surface area contributed by atoms with Crippen LogP contribution in [0.15, 0.2) is 14.1 Å². The lowest BCUT2D eigenvalue weighted by molar-refractivity contribution is 0.545. The van der Waals surface area contributed by atoms with E-state index in [1.54, 1.807) is 6.07 Å². The fourth-order valence-corrected chi connectivity index (χ4v) is 4.81. The van der Waals surface area contributed by atoms with Crippen LogP contribution in [0.1, 0.15) is 25.3 Å². The van der Waals surface area contributed by atoms with Gasteiger partial charge in [0, 0.05) is 12.5 Å². The van der Waals surface area contributed by atoms with Crippen LogP contribution in [-0.2, 0) is 10.0 Å². The minimum absolute atomic E-state index is 0.203. The third-order valence-corrected chi connectivity index (χ3v) is 6.41. The smallest absolute Gasteiger partial charge is 0.206 e. The Balaban J connectivity index is 2.92. The molecule has 6 heteroatoms. The topological polar surface area (TPSA) is 46.2 Å². The largest absolute Gasteiger partial charge is 0.250 e. The van der Waals surface area contributed by atoms with E-state index >= 15 is 0 Å². The van der Waals surface area contributed by atoms with Crippen molar-refractivity contribution in [3.05, 3.63) is 15.4 Å². The summed E-state index contributed by atoms with van der Waals surface area (Å²) in [6.07, 6.45) is 6.28. The molecule has 0 aliphatic rings. The molecule has 0 fully saturated rings. The van der Waals surface area contributed by atoms with Gasteiger partial charge in [0.25, 0.3) is 0 Å². The van der Waals surface area contributed by atoms with E-state index in [0.29, 0.717) is 17.1 Å². The molecular formula is C11H14BrNO2S2. The predicted octanol–water partition coefficient (Wildman–Crippen LogP) is 2.90. The van der Waals surface area contributed by atoms with Crippen LogP contribution in [0.5, 0.6) is 0 Å². The third kappa shape index (κ3) is 3.81. The van der Waals surface area contributed by atoms with E-state index in [2.05, 4.69) is 26.6 Å². The van der Waals surface area contributed by atoms with Crippen molar-refractivity contribution in [1.82, 2.24) is 4.72 Å². The molecule has 1 aromatic rings. The zero-order chi connectivity index (χ0) is 13.1. The van der Waals surface area contributed by atoms with E-state index in [1.165, 1.54) is 11.3 Å². The molecule has 0 aliphatic heterocycles. The number of sulfonamides is 1. The van der Waals surface area contributed by atoms with Crippen molar-refractivity contribution >= 4 is 37.3 Å². The summed E-state index contributed by atoms with van der Waals surface area (Å²) in [7, 11) is -3.45. The number of thiophene rings is 1. The van der Waals surface area contributed by atoms with Crippen LogP contribution in [-0.4, -0.2) is 14.5 Å². The molecule has 1 rings (SSSR count). The summed E-state index contributed by atoms with van der Waals surface area (Å²) < 4.78 is 27.9. The number of halogens is 1. The molecule has 1 aromatic heterocycles. The fourth-order valence-electron chi connectivity index (χ4n) is 1.25. The second-order valence-corrected chi connectivity index (χ2v) is 7.97. The molecule has 1 atom stereocenters. The molecular weight excluding hydrogens is 322 g/mol. The highest BCUT2D eigenvalue weighted by atomic mass is 79.9. The molecule has 1 unspecified atom stereocenters. The number of aryl methyl sites for hydroxylation is 1. The van der Waals surface area contributed by atoms with Crippen molar-refractivity contribution < 1.29 is 8.42 Å². The molecule has 0 spiro atoms. The fraction of sp³-hybridized carbons (Fsp3) is 0.455.